The molecule has 0 aromatic heterocycles. The smallest absolute Gasteiger partial charge is 0.253 e. The molecular weight excluding hydrogens is 437 g/mol. The molecule has 1 unspecified atom stereocenters. The first kappa shape index (κ1) is 25.4. The number of benzene rings is 2. The minimum atomic E-state index is -0.753. The molecule has 1 atom stereocenters. The lowest BCUT2D eigenvalue weighted by atomic mass is 9.88. The summed E-state index contributed by atoms with van der Waals surface area (Å²) in [6.45, 7) is 3.92. The standard InChI is InChI=1S/C26H32FN3O4/c1-18-4-6-21(7-5-18)26(33)30-15-12-19(13-16-30)23(25(32)28-14-3-17-34-2)29-24(31)20-8-10-22(27)11-9-20/h4-11,19,23H,3,12-17H2,1-2H3,(H,28,32)(H,29,31). The Kier molecular flexibility index (Phi) is 9.16. The number of halogens is 1. The third-order valence-corrected chi connectivity index (χ3v) is 6.10. The highest BCUT2D eigenvalue weighted by molar-refractivity contribution is 5.97. The normalized spacial score (nSPS) is 15.0. The second kappa shape index (κ2) is 12.3. The summed E-state index contributed by atoms with van der Waals surface area (Å²) in [6.07, 6.45) is 1.82. The van der Waals surface area contributed by atoms with Crippen LogP contribution in [0.1, 0.15) is 45.5 Å². The molecule has 1 aliphatic heterocycles. The van der Waals surface area contributed by atoms with Crippen LogP contribution in [0.3, 0.4) is 0 Å². The van der Waals surface area contributed by atoms with Gasteiger partial charge in [0.25, 0.3) is 11.8 Å². The Morgan fingerprint density at radius 1 is 1.03 bits per heavy atom. The lowest BCUT2D eigenvalue weighted by Crippen LogP contribution is -2.54. The number of hydrogen-bond donors (Lipinski definition) is 2. The number of nitrogens with one attached hydrogen (secondary N) is 2. The van der Waals surface area contributed by atoms with Crippen LogP contribution in [0.2, 0.25) is 0 Å². The molecular formula is C26H32FN3O4. The number of ether oxygens (including phenoxy) is 1. The van der Waals surface area contributed by atoms with Crippen molar-refractivity contribution in [1.82, 2.24) is 15.5 Å². The van der Waals surface area contributed by atoms with E-state index in [1.54, 1.807) is 12.0 Å². The number of hydrogen-bond acceptors (Lipinski definition) is 4. The number of piperidine rings is 1. The number of nitrogens with zero attached hydrogens (tertiary/aromatic N) is 1. The van der Waals surface area contributed by atoms with Gasteiger partial charge in [0.2, 0.25) is 5.91 Å². The molecule has 7 nitrogen and oxygen atoms in total. The first-order valence-corrected chi connectivity index (χ1v) is 11.6. The van der Waals surface area contributed by atoms with Crippen molar-refractivity contribution in [2.45, 2.75) is 32.2 Å². The van der Waals surface area contributed by atoms with Crippen LogP contribution in [0.5, 0.6) is 0 Å². The molecule has 34 heavy (non-hydrogen) atoms. The van der Waals surface area contributed by atoms with Crippen LogP contribution in [0.25, 0.3) is 0 Å². The van der Waals surface area contributed by atoms with Crippen LogP contribution in [-0.2, 0) is 9.53 Å². The number of likely N-dealkylation sites (tertiary alicyclic amines) is 1. The molecule has 0 radical (unpaired) electrons. The molecule has 1 aliphatic rings. The van der Waals surface area contributed by atoms with Crippen molar-refractivity contribution >= 4 is 17.7 Å². The third-order valence-electron chi connectivity index (χ3n) is 6.10. The van der Waals surface area contributed by atoms with E-state index < -0.39 is 17.8 Å². The first-order chi connectivity index (χ1) is 16.4. The van der Waals surface area contributed by atoms with Crippen molar-refractivity contribution in [3.8, 4) is 0 Å². The summed E-state index contributed by atoms with van der Waals surface area (Å²) < 4.78 is 18.3. The Labute approximate surface area is 199 Å². The van der Waals surface area contributed by atoms with Gasteiger partial charge in [-0.05, 0) is 68.5 Å². The summed E-state index contributed by atoms with van der Waals surface area (Å²) in [5, 5.41) is 5.71. The van der Waals surface area contributed by atoms with Crippen molar-refractivity contribution in [2.75, 3.05) is 33.4 Å². The highest BCUT2D eigenvalue weighted by Gasteiger charge is 2.34. The molecule has 1 fully saturated rings. The van der Waals surface area contributed by atoms with Gasteiger partial charge in [-0.3, -0.25) is 14.4 Å². The van der Waals surface area contributed by atoms with Crippen molar-refractivity contribution in [3.05, 3.63) is 71.0 Å². The van der Waals surface area contributed by atoms with Gasteiger partial charge in [-0.1, -0.05) is 17.7 Å². The molecule has 2 aromatic rings. The van der Waals surface area contributed by atoms with E-state index in [2.05, 4.69) is 10.6 Å². The molecule has 0 aliphatic carbocycles. The number of methoxy groups -OCH3 is 1. The molecule has 0 bridgehead atoms. The fourth-order valence-electron chi connectivity index (χ4n) is 4.08. The Morgan fingerprint density at radius 3 is 2.26 bits per heavy atom. The predicted molar refractivity (Wildman–Crippen MR) is 127 cm³/mol. The molecule has 3 rings (SSSR count). The minimum Gasteiger partial charge on any atom is -0.385 e. The van der Waals surface area contributed by atoms with Gasteiger partial charge in [0.1, 0.15) is 11.9 Å². The third kappa shape index (κ3) is 6.87. The number of aryl methyl sites for hydroxylation is 1. The van der Waals surface area contributed by atoms with E-state index in [1.165, 1.54) is 24.3 Å². The number of amides is 3. The van der Waals surface area contributed by atoms with E-state index in [1.807, 2.05) is 31.2 Å². The lowest BCUT2D eigenvalue weighted by molar-refractivity contribution is -0.124. The Bertz CT molecular complexity index is 971. The van der Waals surface area contributed by atoms with Crippen LogP contribution in [-0.4, -0.2) is 62.0 Å². The van der Waals surface area contributed by atoms with Crippen LogP contribution < -0.4 is 10.6 Å². The van der Waals surface area contributed by atoms with Gasteiger partial charge < -0.3 is 20.3 Å². The summed E-state index contributed by atoms with van der Waals surface area (Å²) >= 11 is 0. The highest BCUT2D eigenvalue weighted by atomic mass is 19.1. The zero-order valence-corrected chi connectivity index (χ0v) is 19.7. The number of carbonyl (C=O) groups is 3. The average Bonchev–Trinajstić information content (AvgIpc) is 2.85. The van der Waals surface area contributed by atoms with Gasteiger partial charge in [-0.2, -0.15) is 0 Å². The van der Waals surface area contributed by atoms with E-state index in [0.29, 0.717) is 51.1 Å². The molecule has 0 saturated carbocycles. The molecule has 2 aromatic carbocycles. The molecule has 182 valence electrons. The fraction of sp³-hybridized carbons (Fsp3) is 0.423. The second-order valence-electron chi connectivity index (χ2n) is 8.59. The van der Waals surface area contributed by atoms with Crippen LogP contribution >= 0.6 is 0 Å². The fourth-order valence-corrected chi connectivity index (χ4v) is 4.08. The van der Waals surface area contributed by atoms with Crippen molar-refractivity contribution < 1.29 is 23.5 Å². The largest absolute Gasteiger partial charge is 0.385 e. The number of rotatable bonds is 9. The summed E-state index contributed by atoms with van der Waals surface area (Å²) in [5.41, 5.74) is 2.01. The molecule has 1 heterocycles. The van der Waals surface area contributed by atoms with Crippen LogP contribution in [0.15, 0.2) is 48.5 Å². The summed E-state index contributed by atoms with van der Waals surface area (Å²) in [7, 11) is 1.60. The average molecular weight is 470 g/mol. The highest BCUT2D eigenvalue weighted by Crippen LogP contribution is 2.23. The van der Waals surface area contributed by atoms with Crippen molar-refractivity contribution in [2.24, 2.45) is 5.92 Å². The van der Waals surface area contributed by atoms with Crippen LogP contribution in [0.4, 0.5) is 4.39 Å². The predicted octanol–water partition coefficient (Wildman–Crippen LogP) is 2.94. The lowest BCUT2D eigenvalue weighted by Gasteiger charge is -2.36. The maximum absolute atomic E-state index is 13.2. The zero-order chi connectivity index (χ0) is 24.5. The minimum absolute atomic E-state index is 0.0330. The monoisotopic (exact) mass is 469 g/mol. The van der Waals surface area contributed by atoms with Gasteiger partial charge in [0.05, 0.1) is 0 Å². The zero-order valence-electron chi connectivity index (χ0n) is 19.7. The molecule has 1 saturated heterocycles. The maximum Gasteiger partial charge on any atom is 0.253 e. The summed E-state index contributed by atoms with van der Waals surface area (Å²) in [4.78, 5) is 40.4. The quantitative estimate of drug-likeness (QED) is 0.553. The summed E-state index contributed by atoms with van der Waals surface area (Å²) in [6, 6.07) is 11.9. The van der Waals surface area contributed by atoms with Gasteiger partial charge in [0, 0.05) is 44.5 Å². The molecule has 2 N–H and O–H groups in total. The van der Waals surface area contributed by atoms with Crippen molar-refractivity contribution in [3.63, 3.8) is 0 Å². The topological polar surface area (TPSA) is 87.7 Å². The number of carbonyl (C=O) groups excluding carboxylic acids is 3. The molecule has 3 amide bonds. The Hall–Kier alpha value is -3.26. The van der Waals surface area contributed by atoms with Gasteiger partial charge in [0.15, 0.2) is 0 Å². The van der Waals surface area contributed by atoms with E-state index in [9.17, 15) is 18.8 Å². The maximum atomic E-state index is 13.2. The SMILES string of the molecule is COCCCNC(=O)C(NC(=O)c1ccc(F)cc1)C1CCN(C(=O)c2ccc(C)cc2)CC1. The van der Waals surface area contributed by atoms with Crippen LogP contribution in [0, 0.1) is 18.7 Å². The van der Waals surface area contributed by atoms with E-state index in [-0.39, 0.29) is 23.3 Å². The van der Waals surface area contributed by atoms with E-state index in [0.717, 1.165) is 5.56 Å². The summed E-state index contributed by atoms with van der Waals surface area (Å²) in [5.74, 6) is -1.30. The molecule has 8 heteroatoms. The first-order valence-electron chi connectivity index (χ1n) is 11.6. The van der Waals surface area contributed by atoms with E-state index >= 15 is 0 Å². The van der Waals surface area contributed by atoms with Gasteiger partial charge in [-0.15, -0.1) is 0 Å². The second-order valence-corrected chi connectivity index (χ2v) is 8.59. The van der Waals surface area contributed by atoms with Crippen molar-refractivity contribution in [1.29, 1.82) is 0 Å². The van der Waals surface area contributed by atoms with E-state index in [4.69, 9.17) is 4.74 Å². The van der Waals surface area contributed by atoms with Gasteiger partial charge in [-0.25, -0.2) is 4.39 Å². The Morgan fingerprint density at radius 2 is 1.65 bits per heavy atom. The molecule has 0 spiro atoms. The Balaban J connectivity index is 1.65. The van der Waals surface area contributed by atoms with Gasteiger partial charge >= 0.3 is 0 Å².